The van der Waals surface area contributed by atoms with Crippen LogP contribution in [-0.2, 0) is 95.5 Å². The Morgan fingerprint density at radius 3 is 0.780 bits per heavy atom. The summed E-state index contributed by atoms with van der Waals surface area (Å²) in [6, 6.07) is 60.5. The van der Waals surface area contributed by atoms with Crippen LogP contribution in [0.1, 0.15) is 441 Å². The fraction of sp³-hybridized carbons (Fsp3) is 0.651. The third kappa shape index (κ3) is 45.3. The van der Waals surface area contributed by atoms with Crippen molar-refractivity contribution < 1.29 is 85.8 Å². The Hall–Kier alpha value is -10.1. The maximum absolute atomic E-state index is 13.3. The summed E-state index contributed by atoms with van der Waals surface area (Å²) >= 11 is 0. The van der Waals surface area contributed by atoms with E-state index in [0.717, 1.165) is 182 Å². The number of hydrogen-bond donors (Lipinski definition) is 0. The summed E-state index contributed by atoms with van der Waals surface area (Å²) in [4.78, 5) is 118. The van der Waals surface area contributed by atoms with Crippen LogP contribution in [-0.4, -0.2) is 139 Å². The molecule has 6 amide bonds. The summed E-state index contributed by atoms with van der Waals surface area (Å²) in [5.74, 6) is 1.48. The van der Waals surface area contributed by atoms with Gasteiger partial charge in [-0.15, -0.1) is 0 Å². The second-order valence-corrected chi connectivity index (χ2v) is 46.1. The molecule has 0 bridgehead atoms. The van der Waals surface area contributed by atoms with E-state index in [9.17, 15) is 43.2 Å². The Morgan fingerprint density at radius 2 is 0.513 bits per heavy atom. The van der Waals surface area contributed by atoms with Gasteiger partial charge in [-0.25, -0.2) is 43.5 Å². The van der Waals surface area contributed by atoms with E-state index in [0.29, 0.717) is 75.0 Å². The molecule has 21 nitrogen and oxygen atoms in total. The number of amides is 6. The minimum absolute atomic E-state index is 0.0125. The predicted molar refractivity (Wildman–Crippen MR) is 603 cm³/mol. The molecule has 0 aromatic heterocycles. The lowest BCUT2D eigenvalue weighted by Gasteiger charge is -2.40. The minimum Gasteiger partial charge on any atom is -0.459 e. The van der Waals surface area contributed by atoms with Crippen molar-refractivity contribution in [2.75, 3.05) is 19.6 Å². The maximum atomic E-state index is 13.3. The Labute approximate surface area is 904 Å². The van der Waals surface area contributed by atoms with Gasteiger partial charge in [-0.05, 0) is 345 Å². The lowest BCUT2D eigenvalue weighted by Crippen LogP contribution is -2.48. The molecule has 6 aliphatic carbocycles. The molecule has 0 spiro atoms. The van der Waals surface area contributed by atoms with E-state index in [-0.39, 0.29) is 54.3 Å². The number of hydrogen-bond acceptors (Lipinski definition) is 18. The highest BCUT2D eigenvalue weighted by molar-refractivity contribution is 5.89. The summed E-state index contributed by atoms with van der Waals surface area (Å²) in [5, 5.41) is 0. The van der Waals surface area contributed by atoms with Crippen molar-refractivity contribution in [3.63, 3.8) is 0 Å². The van der Waals surface area contributed by atoms with E-state index >= 15 is 0 Å². The number of ether oxygens (including phenoxy) is 9. The number of esters is 3. The molecule has 0 saturated heterocycles. The fourth-order valence-electron chi connectivity index (χ4n) is 21.4. The van der Waals surface area contributed by atoms with Crippen LogP contribution in [0, 0.1) is 23.7 Å². The molecule has 0 atom stereocenters. The molecule has 21 heteroatoms. The van der Waals surface area contributed by atoms with Crippen molar-refractivity contribution in [3.8, 4) is 0 Å². The number of imide groups is 3. The van der Waals surface area contributed by atoms with Crippen LogP contribution >= 0.6 is 0 Å². The number of aryl methyl sites for hydroxylation is 3. The first-order valence-corrected chi connectivity index (χ1v) is 58.3. The Bertz CT molecular complexity index is 4690. The first-order chi connectivity index (χ1) is 71.7. The molecule has 6 saturated carbocycles. The minimum atomic E-state index is -0.667. The van der Waals surface area contributed by atoms with E-state index in [1.54, 1.807) is 0 Å². The molecule has 0 radical (unpaired) electrons. The highest BCUT2D eigenvalue weighted by atomic mass is 16.6. The highest BCUT2D eigenvalue weighted by Gasteiger charge is 2.46. The first-order valence-electron chi connectivity index (χ1n) is 58.3. The summed E-state index contributed by atoms with van der Waals surface area (Å²) in [6.07, 6.45) is 44.1. The Balaban J connectivity index is 0.000000246. The van der Waals surface area contributed by atoms with Gasteiger partial charge in [0.15, 0.2) is 0 Å². The zero-order valence-corrected chi connectivity index (χ0v) is 96.1. The van der Waals surface area contributed by atoms with Crippen LogP contribution in [0.2, 0.25) is 0 Å². The number of rotatable bonds is 41. The Kier molecular flexibility index (Phi) is 55.4. The highest BCUT2D eigenvalue weighted by Crippen LogP contribution is 2.43. The monoisotopic (exact) mass is 2070 g/mol. The maximum Gasteiger partial charge on any atom is 0.419 e. The van der Waals surface area contributed by atoms with Crippen LogP contribution in [0.4, 0.5) is 28.8 Å². The molecule has 6 aliphatic rings. The van der Waals surface area contributed by atoms with Gasteiger partial charge in [-0.1, -0.05) is 321 Å². The number of carbonyl (C=O) groups is 9. The Morgan fingerprint density at radius 1 is 0.273 bits per heavy atom. The fourth-order valence-corrected chi connectivity index (χ4v) is 21.4. The molecule has 12 rings (SSSR count). The standard InChI is InChI=1S/C28H43NO4.C26H39NO4.C20H31NO4.2C19H28O2.C17H26O2/c1-27(2,23-16-10-6-11-17-23)32-25(30)29(21-20-22-14-8-5-9-15-22)26(31)33-28(3,4)24-18-12-7-13-19-24;1-3-25(17-10-6-11-18-25)30-23(28)27(21-16-22-14-8-5-9-15-22)24(29)31-26(4-2)19-12-7-13-20-26;1-7-19(3,4)24-17(22)21(18(23)25-20(5,6)8-2)15-14-16-12-10-9-11-13-16;1-16(2)19(14-7-4-8-15-19)21-18(20)13-9-12-17-10-5-3-6-11-17;1-19(2,17-13-7-4-8-14-17)21-18(20)15-9-12-16-10-5-3-6-11-16;1-4-17(5-2,6-3)19-16(18)14-10-13-15-11-8-7-9-12-15/h5,8-9,14-15,23-24H,6-7,10-13,16-21H2,1-4H3;5,8-9,14-15H,3-4,6-7,10-13,16-21H2,1-2H3;9-13H,7-8,14-15H2,1-6H3;3,5-6,10-11,16H,4,7-9,12-15H2,1-2H3;3,5-6,10-11,17H,4,7-9,12-15H2,1-2H3;7-9,11-12H,4-6,10,13-14H2,1-3H3. The van der Waals surface area contributed by atoms with Gasteiger partial charge in [-0.2, -0.15) is 0 Å². The summed E-state index contributed by atoms with van der Waals surface area (Å²) in [5.41, 5.74) is 2.92. The molecule has 0 unspecified atom stereocenters. The van der Waals surface area contributed by atoms with Crippen LogP contribution < -0.4 is 0 Å². The van der Waals surface area contributed by atoms with Gasteiger partial charge in [0.25, 0.3) is 0 Å². The van der Waals surface area contributed by atoms with Gasteiger partial charge in [0.05, 0.1) is 0 Å². The summed E-state index contributed by atoms with van der Waals surface area (Å²) in [7, 11) is 0. The number of benzene rings is 6. The quantitative estimate of drug-likeness (QED) is 0.0256. The van der Waals surface area contributed by atoms with Crippen LogP contribution in [0.5, 0.6) is 0 Å². The smallest absolute Gasteiger partial charge is 0.419 e. The average Bonchev–Trinajstić information content (AvgIpc) is 0.817. The molecule has 6 fully saturated rings. The molecular formula is C129H195N3O18. The van der Waals surface area contributed by atoms with E-state index in [1.807, 2.05) is 215 Å². The van der Waals surface area contributed by atoms with Gasteiger partial charge in [-0.3, -0.25) is 14.4 Å². The predicted octanol–water partition coefficient (Wildman–Crippen LogP) is 34.1. The summed E-state index contributed by atoms with van der Waals surface area (Å²) < 4.78 is 52.5. The summed E-state index contributed by atoms with van der Waals surface area (Å²) in [6.45, 7) is 38.7. The molecule has 0 N–H and O–H groups in total. The van der Waals surface area contributed by atoms with Crippen molar-refractivity contribution in [2.45, 2.75) is 497 Å². The van der Waals surface area contributed by atoms with Crippen molar-refractivity contribution in [2.24, 2.45) is 23.7 Å². The lowest BCUT2D eigenvalue weighted by molar-refractivity contribution is -0.170. The largest absolute Gasteiger partial charge is 0.459 e. The van der Waals surface area contributed by atoms with Crippen LogP contribution in [0.25, 0.3) is 0 Å². The van der Waals surface area contributed by atoms with Crippen LogP contribution in [0.15, 0.2) is 182 Å². The second kappa shape index (κ2) is 65.5. The molecule has 0 aliphatic heterocycles. The van der Waals surface area contributed by atoms with E-state index in [1.165, 1.54) is 129 Å². The van der Waals surface area contributed by atoms with E-state index < -0.39 is 70.2 Å². The van der Waals surface area contributed by atoms with Crippen molar-refractivity contribution in [1.82, 2.24) is 14.7 Å². The molecule has 0 heterocycles. The average molecular weight is 2080 g/mol. The van der Waals surface area contributed by atoms with E-state index in [2.05, 4.69) is 98.7 Å². The molecule has 6 aromatic carbocycles. The first kappa shape index (κ1) is 127. The topological polar surface area (TPSA) is 246 Å². The van der Waals surface area contributed by atoms with Gasteiger partial charge < -0.3 is 42.6 Å². The van der Waals surface area contributed by atoms with Gasteiger partial charge in [0, 0.05) is 38.9 Å². The molecular weight excluding hydrogens is 1880 g/mol. The van der Waals surface area contributed by atoms with Crippen LogP contribution in [0.3, 0.4) is 0 Å². The van der Waals surface area contributed by atoms with Gasteiger partial charge in [0.2, 0.25) is 0 Å². The number of nitrogens with zero attached hydrogens (tertiary/aromatic N) is 3. The van der Waals surface area contributed by atoms with Gasteiger partial charge >= 0.3 is 54.5 Å². The molecule has 6 aromatic rings. The third-order valence-corrected chi connectivity index (χ3v) is 32.8. The van der Waals surface area contributed by atoms with Gasteiger partial charge in [0.1, 0.15) is 50.4 Å². The number of carbonyl (C=O) groups excluding carboxylic acids is 9. The van der Waals surface area contributed by atoms with E-state index in [4.69, 9.17) is 42.6 Å². The molecule has 150 heavy (non-hydrogen) atoms. The zero-order valence-electron chi connectivity index (χ0n) is 96.1. The zero-order chi connectivity index (χ0) is 110. The SMILES string of the molecule is CC(C)(OC(=O)CCCc1ccccc1)C1CCCCC1.CC(C)(OC(=O)N(CCc1ccccc1)C(=O)OC(C)(C)C1CCCCC1)C1CCCCC1.CC(C)C1(OC(=O)CCCc2ccccc2)CCCCC1.CCC(C)(C)OC(=O)N(CCc1ccccc1)C(=O)OC(C)(C)CC.CCC(CC)(CC)OC(=O)CCCc1ccccc1.CCC1(OC(=O)N(CCc2ccccc2)C(=O)OC2(CC)CCCCC2)CCCCC1. The van der Waals surface area contributed by atoms with Crippen molar-refractivity contribution in [1.29, 1.82) is 0 Å². The second-order valence-electron chi connectivity index (χ2n) is 46.1. The third-order valence-electron chi connectivity index (χ3n) is 32.8. The van der Waals surface area contributed by atoms with Crippen molar-refractivity contribution >= 4 is 54.5 Å². The lowest BCUT2D eigenvalue weighted by atomic mass is 9.77. The molecule has 834 valence electrons. The van der Waals surface area contributed by atoms with Crippen molar-refractivity contribution in [3.05, 3.63) is 215 Å². The normalized spacial score (nSPS) is 16.4.